The number of morpholine rings is 1. The molecule has 4 saturated carbocycles. The quantitative estimate of drug-likeness (QED) is 0.685. The second-order valence-electron chi connectivity index (χ2n) is 9.61. The maximum Gasteiger partial charge on any atom is 0.230 e. The predicted molar refractivity (Wildman–Crippen MR) is 113 cm³/mol. The van der Waals surface area contributed by atoms with E-state index in [-0.39, 0.29) is 5.91 Å². The number of hydrogen-bond donors (Lipinski definition) is 1. The van der Waals surface area contributed by atoms with Crippen molar-refractivity contribution in [1.82, 2.24) is 20.1 Å². The summed E-state index contributed by atoms with van der Waals surface area (Å²) in [5.41, 5.74) is 0.391. The first-order valence-corrected chi connectivity index (χ1v) is 12.3. The monoisotopic (exact) mass is 419 g/mol. The number of nitrogens with one attached hydrogen (secondary N) is 1. The summed E-state index contributed by atoms with van der Waals surface area (Å²) in [6.07, 6.45) is 8.34. The molecular weight excluding hydrogens is 386 g/mol. The Kier molecular flexibility index (Phi) is 5.49. The van der Waals surface area contributed by atoms with Crippen LogP contribution in [-0.4, -0.2) is 59.3 Å². The molecule has 4 bridgehead atoms. The highest BCUT2D eigenvalue weighted by molar-refractivity contribution is 7.99. The molecule has 5 fully saturated rings. The van der Waals surface area contributed by atoms with Crippen LogP contribution >= 0.6 is 11.8 Å². The zero-order valence-corrected chi connectivity index (χ0v) is 18.3. The fourth-order valence-electron chi connectivity index (χ4n) is 6.64. The minimum atomic E-state index is 0.129. The smallest absolute Gasteiger partial charge is 0.230 e. The second-order valence-corrected chi connectivity index (χ2v) is 10.6. The summed E-state index contributed by atoms with van der Waals surface area (Å²) in [7, 11) is 0. The van der Waals surface area contributed by atoms with E-state index in [9.17, 15) is 4.79 Å². The van der Waals surface area contributed by atoms with E-state index in [1.165, 1.54) is 50.3 Å². The van der Waals surface area contributed by atoms with Crippen molar-refractivity contribution in [3.63, 3.8) is 0 Å². The van der Waals surface area contributed by atoms with Crippen LogP contribution in [-0.2, 0) is 16.1 Å². The lowest BCUT2D eigenvalue weighted by Crippen LogP contribution is -2.51. The van der Waals surface area contributed by atoms with Crippen LogP contribution in [0.3, 0.4) is 0 Å². The van der Waals surface area contributed by atoms with Gasteiger partial charge in [0.25, 0.3) is 0 Å². The molecule has 1 amide bonds. The molecule has 6 rings (SSSR count). The molecule has 29 heavy (non-hydrogen) atoms. The van der Waals surface area contributed by atoms with Gasteiger partial charge < -0.3 is 15.0 Å². The number of nitrogens with zero attached hydrogens (tertiary/aromatic N) is 4. The molecule has 4 aliphatic carbocycles. The predicted octanol–water partition coefficient (Wildman–Crippen LogP) is 2.56. The van der Waals surface area contributed by atoms with E-state index in [1.807, 2.05) is 0 Å². The third-order valence-electron chi connectivity index (χ3n) is 7.47. The van der Waals surface area contributed by atoms with Gasteiger partial charge in [0.05, 0.1) is 19.0 Å². The molecule has 1 N–H and O–H groups in total. The summed E-state index contributed by atoms with van der Waals surface area (Å²) in [5.74, 6) is 4.21. The Morgan fingerprint density at radius 3 is 2.41 bits per heavy atom. The summed E-state index contributed by atoms with van der Waals surface area (Å²) in [6, 6.07) is 0. The zero-order chi connectivity index (χ0) is 19.8. The molecule has 160 valence electrons. The molecule has 7 nitrogen and oxygen atoms in total. The van der Waals surface area contributed by atoms with Crippen molar-refractivity contribution < 1.29 is 9.53 Å². The van der Waals surface area contributed by atoms with Crippen molar-refractivity contribution in [3.05, 3.63) is 0 Å². The molecular formula is C21H33N5O2S. The van der Waals surface area contributed by atoms with Gasteiger partial charge in [-0.1, -0.05) is 11.8 Å². The lowest BCUT2D eigenvalue weighted by atomic mass is 9.49. The maximum absolute atomic E-state index is 12.6. The summed E-state index contributed by atoms with van der Waals surface area (Å²) in [5, 5.41) is 12.9. The van der Waals surface area contributed by atoms with Crippen LogP contribution in [0.4, 0.5) is 5.95 Å². The van der Waals surface area contributed by atoms with E-state index in [2.05, 4.69) is 31.9 Å². The number of thioether (sulfide) groups is 1. The standard InChI is InChI=1S/C21H33N5O2S/c1-2-26-19(25-3-5-28-6-4-25)23-24-20(26)29-13-18(27)22-14-21-10-15-7-16(11-21)9-17(8-15)12-21/h15-17H,2-14H2,1H3,(H,22,27). The molecule has 0 spiro atoms. The molecule has 1 aromatic rings. The Hall–Kier alpha value is -1.28. The number of amides is 1. The molecule has 2 heterocycles. The van der Waals surface area contributed by atoms with Crippen LogP contribution in [0.1, 0.15) is 45.4 Å². The third-order valence-corrected chi connectivity index (χ3v) is 8.43. The number of carbonyl (C=O) groups is 1. The van der Waals surface area contributed by atoms with Crippen molar-refractivity contribution in [2.45, 2.75) is 57.1 Å². The van der Waals surface area contributed by atoms with Gasteiger partial charge >= 0.3 is 0 Å². The maximum atomic E-state index is 12.6. The summed E-state index contributed by atoms with van der Waals surface area (Å²) < 4.78 is 7.55. The van der Waals surface area contributed by atoms with Gasteiger partial charge in [-0.05, 0) is 68.6 Å². The summed E-state index contributed by atoms with van der Waals surface area (Å²) >= 11 is 1.50. The molecule has 1 aliphatic heterocycles. The van der Waals surface area contributed by atoms with Crippen molar-refractivity contribution in [3.8, 4) is 0 Å². The molecule has 0 atom stereocenters. The highest BCUT2D eigenvalue weighted by Crippen LogP contribution is 2.59. The first kappa shape index (κ1) is 19.7. The molecule has 8 heteroatoms. The van der Waals surface area contributed by atoms with Crippen LogP contribution in [0.15, 0.2) is 5.16 Å². The Morgan fingerprint density at radius 1 is 1.14 bits per heavy atom. The van der Waals surface area contributed by atoms with Crippen LogP contribution in [0.5, 0.6) is 0 Å². The Labute approximate surface area is 177 Å². The minimum absolute atomic E-state index is 0.129. The number of anilines is 1. The van der Waals surface area contributed by atoms with E-state index >= 15 is 0 Å². The number of carbonyl (C=O) groups excluding carboxylic acids is 1. The van der Waals surface area contributed by atoms with Crippen molar-refractivity contribution in [2.24, 2.45) is 23.2 Å². The fourth-order valence-corrected chi connectivity index (χ4v) is 7.46. The first-order valence-electron chi connectivity index (χ1n) is 11.3. The SMILES string of the molecule is CCn1c(SCC(=O)NCC23CC4CC(CC(C4)C2)C3)nnc1N1CCOCC1. The van der Waals surface area contributed by atoms with Gasteiger partial charge in [0.15, 0.2) is 5.16 Å². The van der Waals surface area contributed by atoms with E-state index in [1.54, 1.807) is 0 Å². The molecule has 5 aliphatic rings. The molecule has 1 saturated heterocycles. The number of aromatic nitrogens is 3. The average Bonchev–Trinajstić information content (AvgIpc) is 3.13. The zero-order valence-electron chi connectivity index (χ0n) is 17.4. The Bertz CT molecular complexity index is 710. The topological polar surface area (TPSA) is 72.3 Å². The molecule has 0 aromatic carbocycles. The largest absolute Gasteiger partial charge is 0.378 e. The minimum Gasteiger partial charge on any atom is -0.378 e. The van der Waals surface area contributed by atoms with Gasteiger partial charge in [-0.25, -0.2) is 0 Å². The second kappa shape index (κ2) is 8.10. The third kappa shape index (κ3) is 4.02. The van der Waals surface area contributed by atoms with Crippen LogP contribution < -0.4 is 10.2 Å². The van der Waals surface area contributed by atoms with E-state index in [4.69, 9.17) is 4.74 Å². The molecule has 0 unspecified atom stereocenters. The van der Waals surface area contributed by atoms with Crippen molar-refractivity contribution >= 4 is 23.6 Å². The lowest BCUT2D eigenvalue weighted by molar-refractivity contribution is -0.120. The highest BCUT2D eigenvalue weighted by atomic mass is 32.2. The number of rotatable bonds is 7. The van der Waals surface area contributed by atoms with Crippen molar-refractivity contribution in [2.75, 3.05) is 43.5 Å². The van der Waals surface area contributed by atoms with Crippen LogP contribution in [0.25, 0.3) is 0 Å². The van der Waals surface area contributed by atoms with Gasteiger partial charge in [-0.3, -0.25) is 9.36 Å². The van der Waals surface area contributed by atoms with Gasteiger partial charge in [0, 0.05) is 26.2 Å². The van der Waals surface area contributed by atoms with Crippen molar-refractivity contribution in [1.29, 1.82) is 0 Å². The number of hydrogen-bond acceptors (Lipinski definition) is 6. The highest BCUT2D eigenvalue weighted by Gasteiger charge is 2.50. The van der Waals surface area contributed by atoms with Gasteiger partial charge in [-0.15, -0.1) is 10.2 Å². The molecule has 1 aromatic heterocycles. The van der Waals surface area contributed by atoms with E-state index in [0.717, 1.165) is 68.3 Å². The van der Waals surface area contributed by atoms with E-state index in [0.29, 0.717) is 11.2 Å². The lowest BCUT2D eigenvalue weighted by Gasteiger charge is -2.56. The van der Waals surface area contributed by atoms with Gasteiger partial charge in [-0.2, -0.15) is 0 Å². The average molecular weight is 420 g/mol. The Morgan fingerprint density at radius 2 is 1.79 bits per heavy atom. The summed E-state index contributed by atoms with van der Waals surface area (Å²) in [6.45, 7) is 6.91. The summed E-state index contributed by atoms with van der Waals surface area (Å²) in [4.78, 5) is 14.8. The normalized spacial score (nSPS) is 33.3. The van der Waals surface area contributed by atoms with Crippen LogP contribution in [0.2, 0.25) is 0 Å². The van der Waals surface area contributed by atoms with Gasteiger partial charge in [0.1, 0.15) is 0 Å². The van der Waals surface area contributed by atoms with Gasteiger partial charge in [0.2, 0.25) is 11.9 Å². The van der Waals surface area contributed by atoms with Crippen LogP contribution in [0, 0.1) is 23.2 Å². The fraction of sp³-hybridized carbons (Fsp3) is 0.857. The number of ether oxygens (including phenoxy) is 1. The molecule has 0 radical (unpaired) electrons. The first-order chi connectivity index (χ1) is 14.1. The Balaban J connectivity index is 1.15. The van der Waals surface area contributed by atoms with E-state index < -0.39 is 0 Å².